The zero-order chi connectivity index (χ0) is 27.5. The van der Waals surface area contributed by atoms with Crippen molar-refractivity contribution in [3.63, 3.8) is 0 Å². The number of thioether (sulfide) groups is 2. The van der Waals surface area contributed by atoms with Gasteiger partial charge in [0.15, 0.2) is 0 Å². The van der Waals surface area contributed by atoms with Gasteiger partial charge in [-0.05, 0) is 36.4 Å². The molecule has 0 saturated carbocycles. The number of hydrogen-bond donors (Lipinski definition) is 6. The van der Waals surface area contributed by atoms with E-state index < -0.39 is 10.4 Å². The van der Waals surface area contributed by atoms with Gasteiger partial charge in [0.05, 0.1) is 0 Å². The molecule has 0 aliphatic heterocycles. The number of hydrogen-bond acceptors (Lipinski definition) is 10. The molecular weight excluding hydrogens is 516 g/mol. The Morgan fingerprint density at radius 1 is 0.714 bits per heavy atom. The number of rotatable bonds is 14. The third-order valence-electron chi connectivity index (χ3n) is 3.79. The number of carbonyl (C=O) groups is 2. The molecule has 0 aliphatic rings. The molecule has 0 fully saturated rings. The molecule has 0 atom stereocenters. The van der Waals surface area contributed by atoms with Crippen LogP contribution in [0.15, 0.2) is 0 Å². The quantitative estimate of drug-likeness (QED) is 0.0435. The van der Waals surface area contributed by atoms with Gasteiger partial charge in [0.2, 0.25) is 0 Å². The fourth-order valence-electron chi connectivity index (χ4n) is 2.23. The summed E-state index contributed by atoms with van der Waals surface area (Å²) in [7, 11) is -5.17. The van der Waals surface area contributed by atoms with Gasteiger partial charge in [0.1, 0.15) is 0 Å². The van der Waals surface area contributed by atoms with Crippen molar-refractivity contribution in [3.05, 3.63) is 0 Å². The second-order valence-electron chi connectivity index (χ2n) is 7.13. The fraction of sp³-hybridized carbons (Fsp3) is 0.800. The standard InChI is InChI=1S/2C10H21N3OS.H2O4S/c2*1-2-3-4-5-6-9(14)13-10(12)15-8-7-11;1-5(2,3)4/h2*2-8,11H2,1H3,(H2,12,13,14);(H2,1,2,3,4). The van der Waals surface area contributed by atoms with E-state index in [2.05, 4.69) is 23.8 Å². The molecule has 0 aromatic carbocycles. The van der Waals surface area contributed by atoms with Crippen LogP contribution in [0.1, 0.15) is 78.1 Å². The Morgan fingerprint density at radius 2 is 1.03 bits per heavy atom. The molecule has 0 aliphatic carbocycles. The zero-order valence-corrected chi connectivity index (χ0v) is 23.3. The first kappa shape index (κ1) is 38.3. The molecule has 208 valence electrons. The van der Waals surface area contributed by atoms with Crippen LogP contribution in [0.25, 0.3) is 0 Å². The third-order valence-corrected chi connectivity index (χ3v) is 5.50. The van der Waals surface area contributed by atoms with Crippen molar-refractivity contribution < 1.29 is 37.1 Å². The molecule has 0 rings (SSSR count). The summed E-state index contributed by atoms with van der Waals surface area (Å²) in [4.78, 5) is 28.0. The number of carbonyl (C=O) groups excluding carboxylic acids is 2. The summed E-state index contributed by atoms with van der Waals surface area (Å²) < 4.78 is 34.1. The average molecular weight is 561 g/mol. The lowest BCUT2D eigenvalue weighted by Crippen LogP contribution is -2.78. The van der Waals surface area contributed by atoms with Gasteiger partial charge in [-0.1, -0.05) is 52.4 Å². The summed E-state index contributed by atoms with van der Waals surface area (Å²) in [6, 6.07) is 0. The number of nitrogens with two attached hydrogens (primary N) is 4. The molecule has 0 bridgehead atoms. The van der Waals surface area contributed by atoms with Crippen LogP contribution in [0, 0.1) is 0 Å². The third kappa shape index (κ3) is 43.3. The maximum atomic E-state index is 11.3. The van der Waals surface area contributed by atoms with Gasteiger partial charge in [-0.15, -0.1) is 0 Å². The Bertz CT molecular complexity index is 653. The van der Waals surface area contributed by atoms with E-state index in [0.717, 1.165) is 37.2 Å². The van der Waals surface area contributed by atoms with Gasteiger partial charge in [-0.2, -0.15) is 0 Å². The summed E-state index contributed by atoms with van der Waals surface area (Å²) in [6.45, 7) is 5.43. The van der Waals surface area contributed by atoms with Crippen LogP contribution in [0.3, 0.4) is 0 Å². The van der Waals surface area contributed by atoms with Gasteiger partial charge >= 0.3 is 22.1 Å². The van der Waals surface area contributed by atoms with E-state index in [-0.39, 0.29) is 11.8 Å². The maximum absolute atomic E-state index is 11.3. The van der Waals surface area contributed by atoms with Crippen molar-refractivity contribution in [1.82, 2.24) is 0 Å². The van der Waals surface area contributed by atoms with E-state index in [0.29, 0.717) is 36.3 Å². The number of unbranched alkanes of at least 4 members (excludes halogenated alkanes) is 6. The summed E-state index contributed by atoms with van der Waals surface area (Å²) in [5.74, 6) is 1.49. The smallest absolute Gasteiger partial charge is 0.309 e. The highest BCUT2D eigenvalue weighted by Crippen LogP contribution is 2.01. The topological polar surface area (TPSA) is 246 Å². The molecular formula is C20H44N6O6S3. The minimum absolute atomic E-state index is 0.00752. The molecule has 0 radical (unpaired) electrons. The van der Waals surface area contributed by atoms with Gasteiger partial charge in [0, 0.05) is 47.8 Å². The highest BCUT2D eigenvalue weighted by atomic mass is 32.3. The van der Waals surface area contributed by atoms with Crippen LogP contribution < -0.4 is 32.9 Å². The highest BCUT2D eigenvalue weighted by Gasteiger charge is 2.06. The number of amides is 2. The summed E-state index contributed by atoms with van der Waals surface area (Å²) >= 11 is 2.77. The van der Waals surface area contributed by atoms with Crippen LogP contribution in [0.5, 0.6) is 0 Å². The molecule has 0 saturated heterocycles. The van der Waals surface area contributed by atoms with Crippen molar-refractivity contribution in [1.29, 1.82) is 0 Å². The number of nitrogens with one attached hydrogen (secondary N) is 2. The Morgan fingerprint density at radius 3 is 1.29 bits per heavy atom. The minimum atomic E-state index is -5.17. The van der Waals surface area contributed by atoms with Gasteiger partial charge in [-0.25, -0.2) is 19.6 Å². The van der Waals surface area contributed by atoms with E-state index in [1.165, 1.54) is 49.2 Å². The van der Waals surface area contributed by atoms with E-state index in [4.69, 9.17) is 40.5 Å². The lowest BCUT2D eigenvalue weighted by Gasteiger charge is -2.06. The molecule has 0 spiro atoms. The first-order chi connectivity index (χ1) is 16.4. The Balaban J connectivity index is -0.000000491. The van der Waals surface area contributed by atoms with Crippen molar-refractivity contribution in [2.75, 3.05) is 24.6 Å². The highest BCUT2D eigenvalue weighted by molar-refractivity contribution is 8.13. The van der Waals surface area contributed by atoms with E-state index in [1.54, 1.807) is 0 Å². The van der Waals surface area contributed by atoms with Crippen LogP contribution in [-0.4, -0.2) is 64.3 Å². The predicted molar refractivity (Wildman–Crippen MR) is 141 cm³/mol. The Labute approximate surface area is 218 Å². The predicted octanol–water partition coefficient (Wildman–Crippen LogP) is -2.20. The maximum Gasteiger partial charge on any atom is 0.309 e. The van der Waals surface area contributed by atoms with E-state index >= 15 is 0 Å². The fourth-order valence-corrected chi connectivity index (χ4v) is 3.28. The van der Waals surface area contributed by atoms with Crippen LogP contribution in [0.2, 0.25) is 0 Å². The van der Waals surface area contributed by atoms with Crippen LogP contribution in [0.4, 0.5) is 0 Å². The normalized spacial score (nSPS) is 11.7. The molecule has 0 unspecified atom stereocenters. The molecule has 10 N–H and O–H groups in total. The lowest BCUT2D eigenvalue weighted by atomic mass is 10.1. The second kappa shape index (κ2) is 27.4. The summed E-state index contributed by atoms with van der Waals surface area (Å²) in [5, 5.41) is 0.918. The van der Waals surface area contributed by atoms with E-state index in [1.807, 2.05) is 0 Å². The van der Waals surface area contributed by atoms with Gasteiger partial charge < -0.3 is 20.6 Å². The molecule has 12 nitrogen and oxygen atoms in total. The SMILES string of the molecule is CCCCCCC(=O)[NH+]=C(N)SCCN.CCCCCCC(=O)[NH+]=C(N)SCCN.O=S(=O)([O-])[O-]. The average Bonchev–Trinajstić information content (AvgIpc) is 2.76. The first-order valence-electron chi connectivity index (χ1n) is 11.6. The first-order valence-corrected chi connectivity index (χ1v) is 14.9. The van der Waals surface area contributed by atoms with Crippen molar-refractivity contribution in [2.24, 2.45) is 22.9 Å². The molecule has 0 aromatic rings. The molecule has 35 heavy (non-hydrogen) atoms. The summed E-state index contributed by atoms with van der Waals surface area (Å²) in [6.07, 6.45) is 9.96. The van der Waals surface area contributed by atoms with Crippen molar-refractivity contribution in [2.45, 2.75) is 78.1 Å². The largest absolute Gasteiger partial charge is 0.759 e. The van der Waals surface area contributed by atoms with Gasteiger partial charge in [-0.3, -0.25) is 19.9 Å². The van der Waals surface area contributed by atoms with Gasteiger partial charge in [0.25, 0.3) is 0 Å². The van der Waals surface area contributed by atoms with E-state index in [9.17, 15) is 9.59 Å². The monoisotopic (exact) mass is 560 g/mol. The second-order valence-corrected chi connectivity index (χ2v) is 10.2. The van der Waals surface area contributed by atoms with Crippen molar-refractivity contribution in [3.8, 4) is 0 Å². The Hall–Kier alpha value is -1.23. The molecule has 2 amide bonds. The Kier molecular flexibility index (Phi) is 29.9. The molecule has 0 aromatic heterocycles. The minimum Gasteiger partial charge on any atom is -0.759 e. The lowest BCUT2D eigenvalue weighted by molar-refractivity contribution is -0.377. The zero-order valence-electron chi connectivity index (χ0n) is 20.9. The van der Waals surface area contributed by atoms with Crippen LogP contribution in [-0.2, 0) is 20.0 Å². The van der Waals surface area contributed by atoms with Crippen LogP contribution >= 0.6 is 23.5 Å². The molecule has 0 heterocycles. The van der Waals surface area contributed by atoms with Crippen molar-refractivity contribution >= 4 is 56.1 Å². The molecule has 15 heteroatoms. The summed E-state index contributed by atoms with van der Waals surface area (Å²) in [5.41, 5.74) is 21.8. The number of amidine groups is 2.